The SMILES string of the molecule is Nc1cc(NC(=O)c2ccc(F)cc2)ccc1Sc1ccc(NC(=O)O)cc1. The van der Waals surface area contributed by atoms with Gasteiger partial charge in [-0.25, -0.2) is 9.18 Å². The molecule has 0 aliphatic carbocycles. The van der Waals surface area contributed by atoms with Gasteiger partial charge in [0.25, 0.3) is 5.91 Å². The zero-order valence-corrected chi connectivity index (χ0v) is 15.3. The first-order valence-electron chi connectivity index (χ1n) is 8.15. The summed E-state index contributed by atoms with van der Waals surface area (Å²) in [6, 6.07) is 17.3. The van der Waals surface area contributed by atoms with Crippen LogP contribution in [0.15, 0.2) is 76.5 Å². The van der Waals surface area contributed by atoms with Crippen molar-refractivity contribution in [3.8, 4) is 0 Å². The molecule has 0 saturated carbocycles. The summed E-state index contributed by atoms with van der Waals surface area (Å²) < 4.78 is 13.0. The second-order valence-electron chi connectivity index (χ2n) is 5.77. The Labute approximate surface area is 164 Å². The molecular weight excluding hydrogens is 381 g/mol. The molecule has 2 amide bonds. The van der Waals surface area contributed by atoms with Crippen LogP contribution in [0.4, 0.5) is 26.2 Å². The van der Waals surface area contributed by atoms with E-state index in [1.165, 1.54) is 36.0 Å². The van der Waals surface area contributed by atoms with Crippen LogP contribution in [0.25, 0.3) is 0 Å². The Bertz CT molecular complexity index is 1010. The van der Waals surface area contributed by atoms with E-state index in [1.807, 2.05) is 0 Å². The first kappa shape index (κ1) is 19.2. The molecule has 0 radical (unpaired) electrons. The maximum atomic E-state index is 13.0. The first-order chi connectivity index (χ1) is 13.4. The number of hydrogen-bond acceptors (Lipinski definition) is 4. The van der Waals surface area contributed by atoms with Crippen LogP contribution in [-0.4, -0.2) is 17.1 Å². The number of rotatable bonds is 5. The van der Waals surface area contributed by atoms with Crippen molar-refractivity contribution in [1.82, 2.24) is 0 Å². The normalized spacial score (nSPS) is 10.3. The Morgan fingerprint density at radius 2 is 1.54 bits per heavy atom. The molecule has 0 spiro atoms. The second-order valence-corrected chi connectivity index (χ2v) is 6.89. The van der Waals surface area contributed by atoms with Crippen LogP contribution in [0, 0.1) is 5.82 Å². The van der Waals surface area contributed by atoms with Crippen molar-refractivity contribution in [2.24, 2.45) is 0 Å². The van der Waals surface area contributed by atoms with Gasteiger partial charge in [-0.15, -0.1) is 0 Å². The summed E-state index contributed by atoms with van der Waals surface area (Å²) in [7, 11) is 0. The van der Waals surface area contributed by atoms with Crippen LogP contribution in [-0.2, 0) is 0 Å². The number of nitrogens with two attached hydrogens (primary N) is 1. The number of carbonyl (C=O) groups excluding carboxylic acids is 1. The number of carbonyl (C=O) groups is 2. The fourth-order valence-corrected chi connectivity index (χ4v) is 3.22. The van der Waals surface area contributed by atoms with E-state index in [0.29, 0.717) is 22.6 Å². The predicted octanol–water partition coefficient (Wildman–Crippen LogP) is 4.90. The van der Waals surface area contributed by atoms with Crippen LogP contribution >= 0.6 is 11.8 Å². The quantitative estimate of drug-likeness (QED) is 0.458. The van der Waals surface area contributed by atoms with Crippen LogP contribution in [0.1, 0.15) is 10.4 Å². The standard InChI is InChI=1S/C20H16FN3O3S/c21-13-3-1-12(2-4-13)19(25)23-15-7-10-18(17(22)11-15)28-16-8-5-14(6-9-16)24-20(26)27/h1-11,24H,22H2,(H,23,25)(H,26,27). The summed E-state index contributed by atoms with van der Waals surface area (Å²) >= 11 is 1.41. The second kappa shape index (κ2) is 8.45. The van der Waals surface area contributed by atoms with Crippen LogP contribution < -0.4 is 16.4 Å². The van der Waals surface area contributed by atoms with E-state index < -0.39 is 11.9 Å². The van der Waals surface area contributed by atoms with Gasteiger partial charge >= 0.3 is 6.09 Å². The Morgan fingerprint density at radius 3 is 2.14 bits per heavy atom. The van der Waals surface area contributed by atoms with Crippen molar-refractivity contribution < 1.29 is 19.1 Å². The first-order valence-corrected chi connectivity index (χ1v) is 8.97. The molecular formula is C20H16FN3O3S. The smallest absolute Gasteiger partial charge is 0.409 e. The molecule has 0 unspecified atom stereocenters. The maximum absolute atomic E-state index is 13.0. The van der Waals surface area contributed by atoms with Crippen molar-refractivity contribution >= 4 is 40.8 Å². The molecule has 0 atom stereocenters. The minimum absolute atomic E-state index is 0.341. The van der Waals surface area contributed by atoms with Gasteiger partial charge in [0.05, 0.1) is 0 Å². The molecule has 0 saturated heterocycles. The number of nitrogen functional groups attached to an aromatic ring is 1. The number of nitrogens with one attached hydrogen (secondary N) is 2. The highest BCUT2D eigenvalue weighted by Crippen LogP contribution is 2.34. The van der Waals surface area contributed by atoms with Crippen LogP contribution in [0.3, 0.4) is 0 Å². The Kier molecular flexibility index (Phi) is 5.81. The monoisotopic (exact) mass is 397 g/mol. The minimum atomic E-state index is -1.12. The third-order valence-electron chi connectivity index (χ3n) is 3.71. The molecule has 0 aliphatic heterocycles. The minimum Gasteiger partial charge on any atom is -0.465 e. The molecule has 8 heteroatoms. The summed E-state index contributed by atoms with van der Waals surface area (Å²) in [5, 5.41) is 13.7. The fraction of sp³-hybridized carbons (Fsp3) is 0. The lowest BCUT2D eigenvalue weighted by atomic mass is 10.2. The molecule has 0 aliphatic rings. The van der Waals surface area contributed by atoms with Crippen molar-refractivity contribution in [3.05, 3.63) is 78.1 Å². The van der Waals surface area contributed by atoms with Crippen LogP contribution in [0.2, 0.25) is 0 Å². The number of anilines is 3. The Morgan fingerprint density at radius 1 is 0.893 bits per heavy atom. The molecule has 0 bridgehead atoms. The molecule has 5 N–H and O–H groups in total. The topological polar surface area (TPSA) is 104 Å². The van der Waals surface area contributed by atoms with Gasteiger partial charge in [-0.3, -0.25) is 10.1 Å². The molecule has 0 fully saturated rings. The van der Waals surface area contributed by atoms with E-state index in [9.17, 15) is 14.0 Å². The summed E-state index contributed by atoms with van der Waals surface area (Å²) in [6.07, 6.45) is -1.12. The van der Waals surface area contributed by atoms with E-state index in [2.05, 4.69) is 10.6 Å². The number of benzene rings is 3. The van der Waals surface area contributed by atoms with E-state index in [4.69, 9.17) is 10.8 Å². The molecule has 0 heterocycles. The van der Waals surface area contributed by atoms with Crippen molar-refractivity contribution in [2.45, 2.75) is 9.79 Å². The van der Waals surface area contributed by atoms with Gasteiger partial charge in [0.2, 0.25) is 0 Å². The third-order valence-corrected chi connectivity index (χ3v) is 4.81. The number of hydrogen-bond donors (Lipinski definition) is 4. The van der Waals surface area contributed by atoms with Crippen molar-refractivity contribution in [2.75, 3.05) is 16.4 Å². The van der Waals surface area contributed by atoms with E-state index in [0.717, 1.165) is 9.79 Å². The Hall–Kier alpha value is -3.52. The zero-order chi connectivity index (χ0) is 20.1. The highest BCUT2D eigenvalue weighted by Gasteiger charge is 2.09. The molecule has 0 aromatic heterocycles. The molecule has 3 aromatic rings. The zero-order valence-electron chi connectivity index (χ0n) is 14.5. The highest BCUT2D eigenvalue weighted by molar-refractivity contribution is 7.99. The van der Waals surface area contributed by atoms with Crippen LogP contribution in [0.5, 0.6) is 0 Å². The summed E-state index contributed by atoms with van der Waals surface area (Å²) in [5.41, 5.74) is 7.91. The third kappa shape index (κ3) is 5.01. The largest absolute Gasteiger partial charge is 0.465 e. The lowest BCUT2D eigenvalue weighted by molar-refractivity contribution is 0.102. The molecule has 28 heavy (non-hydrogen) atoms. The van der Waals surface area contributed by atoms with Gasteiger partial charge in [-0.05, 0) is 66.7 Å². The molecule has 3 rings (SSSR count). The number of carboxylic acid groups (broad SMARTS) is 1. The lowest BCUT2D eigenvalue weighted by Gasteiger charge is -2.10. The van der Waals surface area contributed by atoms with E-state index >= 15 is 0 Å². The van der Waals surface area contributed by atoms with Gasteiger partial charge in [0.1, 0.15) is 5.82 Å². The van der Waals surface area contributed by atoms with Gasteiger partial charge in [-0.1, -0.05) is 11.8 Å². The van der Waals surface area contributed by atoms with Gasteiger partial charge < -0.3 is 16.2 Å². The molecule has 142 valence electrons. The van der Waals surface area contributed by atoms with Crippen molar-refractivity contribution in [3.63, 3.8) is 0 Å². The van der Waals surface area contributed by atoms with E-state index in [1.54, 1.807) is 42.5 Å². The van der Waals surface area contributed by atoms with Gasteiger partial charge in [0, 0.05) is 32.4 Å². The van der Waals surface area contributed by atoms with Gasteiger partial charge in [0.15, 0.2) is 0 Å². The molecule has 6 nitrogen and oxygen atoms in total. The average molecular weight is 397 g/mol. The fourth-order valence-electron chi connectivity index (χ4n) is 2.38. The summed E-state index contributed by atoms with van der Waals surface area (Å²) in [4.78, 5) is 24.5. The maximum Gasteiger partial charge on any atom is 0.409 e. The summed E-state index contributed by atoms with van der Waals surface area (Å²) in [5.74, 6) is -0.768. The lowest BCUT2D eigenvalue weighted by Crippen LogP contribution is -2.12. The number of amides is 2. The number of halogens is 1. The summed E-state index contributed by atoms with van der Waals surface area (Å²) in [6.45, 7) is 0. The Balaban J connectivity index is 1.67. The van der Waals surface area contributed by atoms with Crippen molar-refractivity contribution in [1.29, 1.82) is 0 Å². The molecule has 3 aromatic carbocycles. The van der Waals surface area contributed by atoms with Gasteiger partial charge in [-0.2, -0.15) is 0 Å². The highest BCUT2D eigenvalue weighted by atomic mass is 32.2. The average Bonchev–Trinajstić information content (AvgIpc) is 2.65. The predicted molar refractivity (Wildman–Crippen MR) is 107 cm³/mol. The van der Waals surface area contributed by atoms with E-state index in [-0.39, 0.29) is 5.91 Å².